The molecule has 0 amide bonds. The van der Waals surface area contributed by atoms with Gasteiger partial charge in [-0.3, -0.25) is 9.91 Å². The highest BCUT2D eigenvalue weighted by atomic mass is 19.3. The number of piperazine rings is 1. The molecule has 12 heteroatoms. The lowest BCUT2D eigenvalue weighted by molar-refractivity contribution is -0.0166. The summed E-state index contributed by atoms with van der Waals surface area (Å²) in [6, 6.07) is 5.62. The van der Waals surface area contributed by atoms with Gasteiger partial charge in [0.05, 0.1) is 25.6 Å². The second-order valence-corrected chi connectivity index (χ2v) is 8.93. The molecule has 0 spiro atoms. The first-order chi connectivity index (χ1) is 18.4. The number of allylic oxidation sites excluding steroid dienone is 2. The number of nitriles is 1. The van der Waals surface area contributed by atoms with Crippen molar-refractivity contribution < 1.29 is 23.4 Å². The third-order valence-corrected chi connectivity index (χ3v) is 6.49. The molecule has 0 aromatic carbocycles. The summed E-state index contributed by atoms with van der Waals surface area (Å²) in [6.45, 7) is 3.85. The smallest absolute Gasteiger partial charge is 0.357 e. The van der Waals surface area contributed by atoms with E-state index in [4.69, 9.17) is 14.6 Å². The molecule has 2 aromatic heterocycles. The van der Waals surface area contributed by atoms with Crippen LogP contribution in [0.15, 0.2) is 66.0 Å². The normalized spacial score (nSPS) is 19.0. The molecular formula is C26H27F2N7O3. The molecule has 0 bridgehead atoms. The molecule has 3 aliphatic rings. The number of rotatable bonds is 8. The Hall–Kier alpha value is -4.05. The lowest BCUT2D eigenvalue weighted by Crippen LogP contribution is -2.46. The van der Waals surface area contributed by atoms with Gasteiger partial charge in [-0.1, -0.05) is 6.07 Å². The number of aliphatic hydroxyl groups is 1. The number of methoxy groups -OCH3 is 1. The highest BCUT2D eigenvalue weighted by molar-refractivity contribution is 5.84. The minimum absolute atomic E-state index is 0.00213. The van der Waals surface area contributed by atoms with Gasteiger partial charge in [-0.25, -0.2) is 9.97 Å². The molecule has 1 fully saturated rings. The third-order valence-electron chi connectivity index (χ3n) is 6.49. The van der Waals surface area contributed by atoms with Crippen LogP contribution in [0.4, 0.5) is 14.6 Å². The highest BCUT2D eigenvalue weighted by Gasteiger charge is 2.48. The van der Waals surface area contributed by atoms with E-state index in [1.54, 1.807) is 31.5 Å². The SMILES string of the molecule is COc1ccc(CN2CCN(c3ccc(C4=CC(OCCO)=CN5NC(F)(F)C(C#N)=C45)cn3)CC2)cn1. The average molecular weight is 524 g/mol. The maximum absolute atomic E-state index is 14.5. The zero-order chi connectivity index (χ0) is 26.7. The van der Waals surface area contributed by atoms with Crippen LogP contribution in [0, 0.1) is 11.3 Å². The number of halogens is 2. The number of hydrogen-bond acceptors (Lipinski definition) is 10. The fourth-order valence-corrected chi connectivity index (χ4v) is 4.61. The van der Waals surface area contributed by atoms with E-state index in [9.17, 15) is 14.0 Å². The molecule has 5 rings (SSSR count). The summed E-state index contributed by atoms with van der Waals surface area (Å²) < 4.78 is 39.6. The van der Waals surface area contributed by atoms with E-state index in [2.05, 4.69) is 19.8 Å². The number of ether oxygens (including phenoxy) is 2. The zero-order valence-electron chi connectivity index (χ0n) is 20.8. The Balaban J connectivity index is 1.30. The number of nitrogens with zero attached hydrogens (tertiary/aromatic N) is 6. The van der Waals surface area contributed by atoms with Gasteiger partial charge in [-0.2, -0.15) is 19.5 Å². The van der Waals surface area contributed by atoms with Gasteiger partial charge >= 0.3 is 6.05 Å². The summed E-state index contributed by atoms with van der Waals surface area (Å²) in [5.41, 5.74) is 3.44. The summed E-state index contributed by atoms with van der Waals surface area (Å²) in [5, 5.41) is 19.6. The van der Waals surface area contributed by atoms with E-state index in [1.165, 1.54) is 6.20 Å². The van der Waals surface area contributed by atoms with Gasteiger partial charge in [0, 0.05) is 62.3 Å². The largest absolute Gasteiger partial charge is 0.490 e. The van der Waals surface area contributed by atoms with Crippen LogP contribution in [0.1, 0.15) is 11.1 Å². The van der Waals surface area contributed by atoms with Crippen molar-refractivity contribution in [3.8, 4) is 11.9 Å². The van der Waals surface area contributed by atoms with Crippen molar-refractivity contribution >= 4 is 11.4 Å². The molecule has 0 radical (unpaired) electrons. The number of anilines is 1. The first kappa shape index (κ1) is 25.6. The molecular weight excluding hydrogens is 496 g/mol. The summed E-state index contributed by atoms with van der Waals surface area (Å²) in [4.78, 5) is 13.4. The summed E-state index contributed by atoms with van der Waals surface area (Å²) in [5.74, 6) is 1.64. The van der Waals surface area contributed by atoms with Crippen molar-refractivity contribution in [2.75, 3.05) is 51.4 Å². The van der Waals surface area contributed by atoms with E-state index in [-0.39, 0.29) is 24.7 Å². The molecule has 0 unspecified atom stereocenters. The molecule has 1 saturated heterocycles. The summed E-state index contributed by atoms with van der Waals surface area (Å²) >= 11 is 0. The molecule has 3 aliphatic heterocycles. The van der Waals surface area contributed by atoms with Crippen LogP contribution in [-0.4, -0.2) is 77.5 Å². The Bertz CT molecular complexity index is 1300. The average Bonchev–Trinajstić information content (AvgIpc) is 3.21. The van der Waals surface area contributed by atoms with Gasteiger partial charge in [0.2, 0.25) is 5.88 Å². The van der Waals surface area contributed by atoms with Crippen molar-refractivity contribution in [3.63, 3.8) is 0 Å². The van der Waals surface area contributed by atoms with Crippen LogP contribution < -0.4 is 15.1 Å². The molecule has 2 aromatic rings. The minimum Gasteiger partial charge on any atom is -0.490 e. The van der Waals surface area contributed by atoms with E-state index in [1.807, 2.05) is 29.8 Å². The Morgan fingerprint density at radius 2 is 1.95 bits per heavy atom. The van der Waals surface area contributed by atoms with Gasteiger partial charge in [0.25, 0.3) is 0 Å². The van der Waals surface area contributed by atoms with Gasteiger partial charge < -0.3 is 19.5 Å². The number of aromatic nitrogens is 2. The predicted molar refractivity (Wildman–Crippen MR) is 134 cm³/mol. The zero-order valence-corrected chi connectivity index (χ0v) is 20.8. The fourth-order valence-electron chi connectivity index (χ4n) is 4.61. The standard InChI is InChI=1S/C26H27F2N7O3/c1-37-24-5-2-18(14-31-24)16-33-6-8-34(9-7-33)23-4-3-19(15-30-23)21-12-20(38-11-10-36)17-35-25(21)22(13-29)26(27,28)32-35/h2-5,12,14-15,17,32,36H,6-11,16H2,1H3. The van der Waals surface area contributed by atoms with E-state index >= 15 is 0 Å². The topological polar surface area (TPSA) is 110 Å². The van der Waals surface area contributed by atoms with Crippen molar-refractivity contribution in [1.82, 2.24) is 25.3 Å². The second-order valence-electron chi connectivity index (χ2n) is 8.93. The van der Waals surface area contributed by atoms with Crippen molar-refractivity contribution in [3.05, 3.63) is 77.1 Å². The Morgan fingerprint density at radius 1 is 1.13 bits per heavy atom. The first-order valence-electron chi connectivity index (χ1n) is 12.1. The summed E-state index contributed by atoms with van der Waals surface area (Å²) in [6.07, 6.45) is 6.34. The van der Waals surface area contributed by atoms with Crippen LogP contribution >= 0.6 is 0 Å². The Labute approximate surface area is 218 Å². The molecule has 0 atom stereocenters. The quantitative estimate of drug-likeness (QED) is 0.500. The van der Waals surface area contributed by atoms with Crippen LogP contribution in [0.2, 0.25) is 0 Å². The van der Waals surface area contributed by atoms with Crippen LogP contribution in [0.5, 0.6) is 5.88 Å². The number of aliphatic hydroxyl groups excluding tert-OH is 1. The maximum Gasteiger partial charge on any atom is 0.357 e. The Morgan fingerprint density at radius 3 is 2.58 bits per heavy atom. The van der Waals surface area contributed by atoms with E-state index < -0.39 is 11.6 Å². The monoisotopic (exact) mass is 523 g/mol. The number of fused-ring (bicyclic) bond motifs is 1. The molecule has 0 saturated carbocycles. The number of pyridine rings is 2. The second kappa shape index (κ2) is 10.7. The highest BCUT2D eigenvalue weighted by Crippen LogP contribution is 2.42. The van der Waals surface area contributed by atoms with Crippen molar-refractivity contribution in [2.24, 2.45) is 0 Å². The van der Waals surface area contributed by atoms with Crippen molar-refractivity contribution in [2.45, 2.75) is 12.6 Å². The number of hydrazine groups is 1. The van der Waals surface area contributed by atoms with Gasteiger partial charge in [-0.15, -0.1) is 0 Å². The lowest BCUT2D eigenvalue weighted by Gasteiger charge is -2.35. The fraction of sp³-hybridized carbons (Fsp3) is 0.346. The van der Waals surface area contributed by atoms with E-state index in [0.29, 0.717) is 17.0 Å². The molecule has 10 nitrogen and oxygen atoms in total. The lowest BCUT2D eigenvalue weighted by atomic mass is 9.98. The molecule has 0 aliphatic carbocycles. The van der Waals surface area contributed by atoms with Gasteiger partial charge in [0.15, 0.2) is 0 Å². The summed E-state index contributed by atoms with van der Waals surface area (Å²) in [7, 11) is 1.59. The predicted octanol–water partition coefficient (Wildman–Crippen LogP) is 2.25. The number of alkyl halides is 2. The molecule has 2 N–H and O–H groups in total. The first-order valence-corrected chi connectivity index (χ1v) is 12.1. The third kappa shape index (κ3) is 5.17. The molecule has 5 heterocycles. The molecule has 198 valence electrons. The van der Waals surface area contributed by atoms with Crippen LogP contribution in [0.3, 0.4) is 0 Å². The van der Waals surface area contributed by atoms with Gasteiger partial charge in [-0.05, 0) is 23.8 Å². The van der Waals surface area contributed by atoms with Crippen LogP contribution in [0.25, 0.3) is 5.57 Å². The molecule has 38 heavy (non-hydrogen) atoms. The van der Waals surface area contributed by atoms with Crippen LogP contribution in [-0.2, 0) is 11.3 Å². The number of nitrogens with one attached hydrogen (secondary N) is 1. The van der Waals surface area contributed by atoms with Gasteiger partial charge in [0.1, 0.15) is 29.8 Å². The van der Waals surface area contributed by atoms with Crippen molar-refractivity contribution in [1.29, 1.82) is 5.26 Å². The maximum atomic E-state index is 14.5. The number of hydrogen-bond donors (Lipinski definition) is 2. The Kier molecular flexibility index (Phi) is 7.24. The van der Waals surface area contributed by atoms with E-state index in [0.717, 1.165) is 49.1 Å². The minimum atomic E-state index is -3.53.